The van der Waals surface area contributed by atoms with Gasteiger partial charge in [0.05, 0.1) is 6.54 Å². The predicted molar refractivity (Wildman–Crippen MR) is 117 cm³/mol. The molecule has 0 spiro atoms. The maximum atomic E-state index is 12.4. The van der Waals surface area contributed by atoms with Crippen molar-refractivity contribution in [3.63, 3.8) is 0 Å². The Morgan fingerprint density at radius 1 is 1.00 bits per heavy atom. The first-order valence-electron chi connectivity index (χ1n) is 11.2. The third kappa shape index (κ3) is 5.30. The summed E-state index contributed by atoms with van der Waals surface area (Å²) in [5.41, 5.74) is 1.82. The van der Waals surface area contributed by atoms with Crippen LogP contribution >= 0.6 is 0 Å². The zero-order valence-corrected chi connectivity index (χ0v) is 17.8. The number of carbonyl (C=O) groups is 1. The first kappa shape index (κ1) is 20.2. The highest BCUT2D eigenvalue weighted by atomic mass is 16.2. The van der Waals surface area contributed by atoms with Gasteiger partial charge in [-0.2, -0.15) is 0 Å². The number of nitrogens with one attached hydrogen (secondary N) is 1. The van der Waals surface area contributed by atoms with E-state index in [1.165, 1.54) is 18.4 Å². The van der Waals surface area contributed by atoms with E-state index >= 15 is 0 Å². The number of piperazine rings is 1. The first-order valence-corrected chi connectivity index (χ1v) is 11.2. The lowest BCUT2D eigenvalue weighted by Gasteiger charge is -2.37. The van der Waals surface area contributed by atoms with Gasteiger partial charge in [-0.15, -0.1) is 0 Å². The Balaban J connectivity index is 1.22. The van der Waals surface area contributed by atoms with E-state index < -0.39 is 0 Å². The summed E-state index contributed by atoms with van der Waals surface area (Å²) in [5, 5.41) is 3.64. The molecular weight excluding hydrogens is 362 g/mol. The summed E-state index contributed by atoms with van der Waals surface area (Å²) in [7, 11) is 1.88. The van der Waals surface area contributed by atoms with E-state index in [0.717, 1.165) is 71.0 Å². The van der Waals surface area contributed by atoms with Crippen molar-refractivity contribution in [1.29, 1.82) is 0 Å². The van der Waals surface area contributed by atoms with E-state index in [0.29, 0.717) is 17.9 Å². The van der Waals surface area contributed by atoms with E-state index in [9.17, 15) is 4.79 Å². The highest BCUT2D eigenvalue weighted by molar-refractivity contribution is 5.80. The zero-order valence-electron chi connectivity index (χ0n) is 17.8. The van der Waals surface area contributed by atoms with Gasteiger partial charge in [0.15, 0.2) is 5.96 Å². The number of nitrogens with zero attached hydrogens (tertiary/aromatic N) is 4. The fraction of sp³-hybridized carbons (Fsp3) is 0.652. The number of carbonyl (C=O) groups excluding carboxylic acids is 1. The SMILES string of the molecule is CN=C(NCC1(Cc2ccccc2)CC1)N1CCN(CC(=O)N2CCCC2)CC1. The van der Waals surface area contributed by atoms with Crippen LogP contribution < -0.4 is 5.32 Å². The van der Waals surface area contributed by atoms with Crippen molar-refractivity contribution in [1.82, 2.24) is 20.0 Å². The zero-order chi connectivity index (χ0) is 20.1. The van der Waals surface area contributed by atoms with E-state index in [2.05, 4.69) is 50.4 Å². The molecule has 0 radical (unpaired) electrons. The second-order valence-electron chi connectivity index (χ2n) is 8.91. The normalized spacial score (nSPS) is 22.0. The maximum absolute atomic E-state index is 12.4. The minimum Gasteiger partial charge on any atom is -0.356 e. The molecule has 0 atom stereocenters. The summed E-state index contributed by atoms with van der Waals surface area (Å²) >= 11 is 0. The minimum absolute atomic E-state index is 0.301. The molecule has 1 aromatic carbocycles. The average molecular weight is 398 g/mol. The highest BCUT2D eigenvalue weighted by Crippen LogP contribution is 2.47. The Morgan fingerprint density at radius 3 is 2.31 bits per heavy atom. The molecule has 2 aliphatic heterocycles. The molecule has 1 amide bonds. The van der Waals surface area contributed by atoms with Crippen LogP contribution in [-0.4, -0.2) is 86.0 Å². The number of benzene rings is 1. The number of likely N-dealkylation sites (tertiary alicyclic amines) is 1. The van der Waals surface area contributed by atoms with Crippen molar-refractivity contribution in [2.45, 2.75) is 32.1 Å². The van der Waals surface area contributed by atoms with Crippen molar-refractivity contribution in [3.8, 4) is 0 Å². The molecule has 6 nitrogen and oxygen atoms in total. The molecule has 2 heterocycles. The fourth-order valence-electron chi connectivity index (χ4n) is 4.60. The number of aliphatic imine (C=N–C) groups is 1. The van der Waals surface area contributed by atoms with Gasteiger partial charge in [-0.25, -0.2) is 0 Å². The smallest absolute Gasteiger partial charge is 0.236 e. The second-order valence-corrected chi connectivity index (χ2v) is 8.91. The Hall–Kier alpha value is -2.08. The van der Waals surface area contributed by atoms with Gasteiger partial charge in [-0.1, -0.05) is 30.3 Å². The lowest BCUT2D eigenvalue weighted by atomic mass is 9.96. The van der Waals surface area contributed by atoms with Gasteiger partial charge in [0.1, 0.15) is 0 Å². The second kappa shape index (κ2) is 9.16. The third-order valence-corrected chi connectivity index (χ3v) is 6.70. The topological polar surface area (TPSA) is 51.2 Å². The van der Waals surface area contributed by atoms with Crippen molar-refractivity contribution in [2.24, 2.45) is 10.4 Å². The van der Waals surface area contributed by atoms with Crippen LogP contribution in [0.5, 0.6) is 0 Å². The molecule has 3 fully saturated rings. The van der Waals surface area contributed by atoms with E-state index in [-0.39, 0.29) is 0 Å². The largest absolute Gasteiger partial charge is 0.356 e. The van der Waals surface area contributed by atoms with E-state index in [4.69, 9.17) is 0 Å². The summed E-state index contributed by atoms with van der Waals surface area (Å²) in [6.07, 6.45) is 6.04. The Bertz CT molecular complexity index is 701. The quantitative estimate of drug-likeness (QED) is 0.588. The molecule has 158 valence electrons. The molecule has 4 rings (SSSR count). The maximum Gasteiger partial charge on any atom is 0.236 e. The molecule has 3 aliphatic rings. The Morgan fingerprint density at radius 2 is 1.69 bits per heavy atom. The van der Waals surface area contributed by atoms with Gasteiger partial charge in [-0.05, 0) is 43.1 Å². The summed E-state index contributed by atoms with van der Waals surface area (Å²) < 4.78 is 0. The van der Waals surface area contributed by atoms with Gasteiger partial charge in [0, 0.05) is 52.9 Å². The molecule has 1 N–H and O–H groups in total. The van der Waals surface area contributed by atoms with Crippen molar-refractivity contribution >= 4 is 11.9 Å². The van der Waals surface area contributed by atoms with Gasteiger partial charge in [0.2, 0.25) is 5.91 Å². The lowest BCUT2D eigenvalue weighted by molar-refractivity contribution is -0.131. The average Bonchev–Trinajstić information content (AvgIpc) is 3.27. The van der Waals surface area contributed by atoms with Gasteiger partial charge in [-0.3, -0.25) is 14.7 Å². The van der Waals surface area contributed by atoms with Crippen LogP contribution in [0.2, 0.25) is 0 Å². The molecule has 1 aromatic rings. The standard InChI is InChI=1S/C23H35N5O/c1-24-22(25-19-23(9-10-23)17-20-7-3-2-4-8-20)28-15-13-26(14-16-28)18-21(29)27-11-5-6-12-27/h2-4,7-8H,5-6,9-19H2,1H3,(H,24,25). The third-order valence-electron chi connectivity index (χ3n) is 6.70. The van der Waals surface area contributed by atoms with E-state index in [1.807, 2.05) is 11.9 Å². The molecule has 1 saturated carbocycles. The van der Waals surface area contributed by atoms with Crippen molar-refractivity contribution in [2.75, 3.05) is 59.4 Å². The number of rotatable bonds is 6. The predicted octanol–water partition coefficient (Wildman–Crippen LogP) is 1.82. The van der Waals surface area contributed by atoms with Gasteiger partial charge < -0.3 is 15.1 Å². The number of hydrogen-bond acceptors (Lipinski definition) is 3. The molecule has 0 aromatic heterocycles. The van der Waals surface area contributed by atoms with Crippen LogP contribution in [-0.2, 0) is 11.2 Å². The van der Waals surface area contributed by atoms with Gasteiger partial charge >= 0.3 is 0 Å². The molecule has 2 saturated heterocycles. The van der Waals surface area contributed by atoms with Crippen LogP contribution in [0.15, 0.2) is 35.3 Å². The van der Waals surface area contributed by atoms with Crippen LogP contribution in [0, 0.1) is 5.41 Å². The van der Waals surface area contributed by atoms with Crippen molar-refractivity contribution < 1.29 is 4.79 Å². The Labute approximate surface area is 175 Å². The Kier molecular flexibility index (Phi) is 6.38. The lowest BCUT2D eigenvalue weighted by Crippen LogP contribution is -2.54. The molecule has 0 unspecified atom stereocenters. The molecule has 0 bridgehead atoms. The highest BCUT2D eigenvalue weighted by Gasteiger charge is 2.42. The minimum atomic E-state index is 0.301. The summed E-state index contributed by atoms with van der Waals surface area (Å²) in [6, 6.07) is 10.8. The summed E-state index contributed by atoms with van der Waals surface area (Å²) in [4.78, 5) is 23.6. The van der Waals surface area contributed by atoms with Crippen LogP contribution in [0.25, 0.3) is 0 Å². The molecule has 1 aliphatic carbocycles. The summed E-state index contributed by atoms with van der Waals surface area (Å²) in [6.45, 7) is 7.16. The molecular formula is C23H35N5O. The molecule has 6 heteroatoms. The monoisotopic (exact) mass is 397 g/mol. The number of hydrogen-bond donors (Lipinski definition) is 1. The van der Waals surface area contributed by atoms with Crippen LogP contribution in [0.1, 0.15) is 31.2 Å². The van der Waals surface area contributed by atoms with E-state index in [1.54, 1.807) is 0 Å². The fourth-order valence-corrected chi connectivity index (χ4v) is 4.60. The van der Waals surface area contributed by atoms with Crippen LogP contribution in [0.4, 0.5) is 0 Å². The van der Waals surface area contributed by atoms with Gasteiger partial charge in [0.25, 0.3) is 0 Å². The van der Waals surface area contributed by atoms with Crippen LogP contribution in [0.3, 0.4) is 0 Å². The number of guanidine groups is 1. The summed E-state index contributed by atoms with van der Waals surface area (Å²) in [5.74, 6) is 1.31. The number of amides is 1. The molecule has 29 heavy (non-hydrogen) atoms. The van der Waals surface area contributed by atoms with Crippen molar-refractivity contribution in [3.05, 3.63) is 35.9 Å². The first-order chi connectivity index (χ1) is 14.2.